The molecule has 2 saturated carbocycles. The lowest BCUT2D eigenvalue weighted by molar-refractivity contribution is -0.232. The molecule has 2 aromatic rings. The molecular formula is C35H44F6O3. The molecule has 2 aliphatic carbocycles. The van der Waals surface area contributed by atoms with Crippen LogP contribution in [0.4, 0.5) is 26.3 Å². The number of hydrogen-bond acceptors (Lipinski definition) is 3. The fraction of sp³-hybridized carbons (Fsp3) is 0.657. The third-order valence-electron chi connectivity index (χ3n) is 10.1. The van der Waals surface area contributed by atoms with Gasteiger partial charge in [0.1, 0.15) is 17.4 Å². The third-order valence-corrected chi connectivity index (χ3v) is 10.1. The van der Waals surface area contributed by atoms with Crippen LogP contribution in [0.5, 0.6) is 5.75 Å². The van der Waals surface area contributed by atoms with E-state index in [0.717, 1.165) is 63.5 Å². The summed E-state index contributed by atoms with van der Waals surface area (Å²) < 4.78 is 102. The Hall–Kier alpha value is -2.26. The van der Waals surface area contributed by atoms with Gasteiger partial charge in [0.25, 0.3) is 6.43 Å². The van der Waals surface area contributed by atoms with Gasteiger partial charge in [0.2, 0.25) is 0 Å². The molecule has 1 saturated heterocycles. The molecule has 0 N–H and O–H groups in total. The highest BCUT2D eigenvalue weighted by Crippen LogP contribution is 2.46. The second kappa shape index (κ2) is 14.9. The summed E-state index contributed by atoms with van der Waals surface area (Å²) in [6, 6.07) is 6.09. The molecule has 0 atom stereocenters. The lowest BCUT2D eigenvalue weighted by Crippen LogP contribution is -2.40. The van der Waals surface area contributed by atoms with Crippen LogP contribution in [-0.2, 0) is 9.47 Å². The highest BCUT2D eigenvalue weighted by Gasteiger charge is 2.45. The summed E-state index contributed by atoms with van der Waals surface area (Å²) in [4.78, 5) is 0. The van der Waals surface area contributed by atoms with Crippen LogP contribution in [0.15, 0.2) is 36.4 Å². The first kappa shape index (κ1) is 33.1. The van der Waals surface area contributed by atoms with Crippen molar-refractivity contribution in [3.05, 3.63) is 53.6 Å². The topological polar surface area (TPSA) is 27.7 Å². The summed E-state index contributed by atoms with van der Waals surface area (Å²) in [5.74, 6) is -1.54. The van der Waals surface area contributed by atoms with Crippen LogP contribution in [0.3, 0.4) is 0 Å². The molecular weight excluding hydrogens is 582 g/mol. The molecule has 2 aromatic carbocycles. The Balaban J connectivity index is 1.07. The average Bonchev–Trinajstić information content (AvgIpc) is 3.01. The minimum absolute atomic E-state index is 0.0281. The average molecular weight is 627 g/mol. The van der Waals surface area contributed by atoms with Crippen molar-refractivity contribution in [2.75, 3.05) is 13.2 Å². The second-order valence-corrected chi connectivity index (χ2v) is 13.0. The quantitative estimate of drug-likeness (QED) is 0.183. The number of ether oxygens (including phenoxy) is 3. The summed E-state index contributed by atoms with van der Waals surface area (Å²) >= 11 is 0. The van der Waals surface area contributed by atoms with Gasteiger partial charge in [-0.25, -0.2) is 17.6 Å². The molecule has 44 heavy (non-hydrogen) atoms. The van der Waals surface area contributed by atoms with Crippen LogP contribution >= 0.6 is 0 Å². The Labute approximate surface area is 256 Å². The normalized spacial score (nSPS) is 28.3. The molecule has 0 aromatic heterocycles. The second-order valence-electron chi connectivity index (χ2n) is 13.0. The van der Waals surface area contributed by atoms with E-state index in [9.17, 15) is 17.6 Å². The minimum atomic E-state index is -3.47. The highest BCUT2D eigenvalue weighted by atomic mass is 19.3. The zero-order valence-electron chi connectivity index (χ0n) is 25.4. The van der Waals surface area contributed by atoms with Gasteiger partial charge >= 0.3 is 6.11 Å². The van der Waals surface area contributed by atoms with Crippen LogP contribution in [0.1, 0.15) is 96.0 Å². The fourth-order valence-electron chi connectivity index (χ4n) is 7.40. The third kappa shape index (κ3) is 8.11. The lowest BCUT2D eigenvalue weighted by atomic mass is 9.69. The molecule has 244 valence electrons. The molecule has 3 nitrogen and oxygen atoms in total. The summed E-state index contributed by atoms with van der Waals surface area (Å²) in [7, 11) is 0. The van der Waals surface area contributed by atoms with Crippen LogP contribution in [0.25, 0.3) is 11.1 Å². The summed E-state index contributed by atoms with van der Waals surface area (Å²) in [5, 5.41) is 0. The number of hydrogen-bond donors (Lipinski definition) is 0. The van der Waals surface area contributed by atoms with Crippen LogP contribution in [0, 0.1) is 41.2 Å². The van der Waals surface area contributed by atoms with Gasteiger partial charge in [-0.05, 0) is 99.5 Å². The minimum Gasteiger partial charge on any atom is -0.432 e. The predicted molar refractivity (Wildman–Crippen MR) is 157 cm³/mol. The van der Waals surface area contributed by atoms with Crippen LogP contribution in [0.2, 0.25) is 0 Å². The SMILES string of the molecule is CCCCCC1COC(C2CCC(C3CCC(C(F)(F)Oc4ccc(-c5ccc(C(F)F)c(F)c5)c(F)c4)CC3)CC2)OC1. The number of rotatable bonds is 11. The van der Waals surface area contributed by atoms with E-state index in [1.807, 2.05) is 0 Å². The van der Waals surface area contributed by atoms with Gasteiger partial charge in [0.15, 0.2) is 6.29 Å². The maximum atomic E-state index is 15.2. The Morgan fingerprint density at radius 2 is 1.43 bits per heavy atom. The van der Waals surface area contributed by atoms with E-state index in [0.29, 0.717) is 49.4 Å². The first-order chi connectivity index (χ1) is 21.1. The molecule has 3 aliphatic rings. The summed E-state index contributed by atoms with van der Waals surface area (Å²) in [6.07, 6.45) is 4.58. The highest BCUT2D eigenvalue weighted by molar-refractivity contribution is 5.65. The molecule has 1 aliphatic heterocycles. The van der Waals surface area contributed by atoms with Gasteiger partial charge in [0.05, 0.1) is 24.7 Å². The summed E-state index contributed by atoms with van der Waals surface area (Å²) in [5.41, 5.74) is -0.852. The molecule has 0 bridgehead atoms. The predicted octanol–water partition coefficient (Wildman–Crippen LogP) is 10.7. The van der Waals surface area contributed by atoms with Gasteiger partial charge in [-0.2, -0.15) is 8.78 Å². The van der Waals surface area contributed by atoms with E-state index < -0.39 is 35.6 Å². The molecule has 0 amide bonds. The van der Waals surface area contributed by atoms with E-state index in [2.05, 4.69) is 6.92 Å². The van der Waals surface area contributed by atoms with Crippen molar-refractivity contribution < 1.29 is 40.6 Å². The zero-order valence-corrected chi connectivity index (χ0v) is 25.4. The Morgan fingerprint density at radius 3 is 2.02 bits per heavy atom. The number of benzene rings is 2. The van der Waals surface area contributed by atoms with E-state index in [-0.39, 0.29) is 23.2 Å². The number of unbranched alkanes of at least 4 members (excludes halogenated alkanes) is 2. The number of alkyl halides is 4. The van der Waals surface area contributed by atoms with Crippen molar-refractivity contribution >= 4 is 0 Å². The largest absolute Gasteiger partial charge is 0.432 e. The van der Waals surface area contributed by atoms with E-state index >= 15 is 8.78 Å². The summed E-state index contributed by atoms with van der Waals surface area (Å²) in [6.45, 7) is 3.77. The molecule has 0 radical (unpaired) electrons. The van der Waals surface area contributed by atoms with Crippen molar-refractivity contribution in [2.24, 2.45) is 29.6 Å². The van der Waals surface area contributed by atoms with Gasteiger partial charge in [-0.15, -0.1) is 0 Å². The Bertz CT molecular complexity index is 1200. The smallest absolute Gasteiger partial charge is 0.400 e. The van der Waals surface area contributed by atoms with Gasteiger partial charge in [-0.3, -0.25) is 0 Å². The molecule has 3 fully saturated rings. The standard InChI is InChI=1S/C35H44F6O3/c1-2-3-4-5-22-20-42-34(43-21-22)25-8-6-23(7-9-25)24-10-13-27(14-11-24)35(40,41)44-28-15-17-29(32(37)19-28)26-12-16-30(33(38)39)31(36)18-26/h12,15-19,22-25,27,33-34H,2-11,13-14,20-21H2,1H3. The van der Waals surface area contributed by atoms with Gasteiger partial charge in [0, 0.05) is 23.5 Å². The Kier molecular flexibility index (Phi) is 11.2. The van der Waals surface area contributed by atoms with E-state index in [1.165, 1.54) is 37.5 Å². The zero-order chi connectivity index (χ0) is 31.3. The van der Waals surface area contributed by atoms with Crippen LogP contribution in [-0.4, -0.2) is 25.6 Å². The monoisotopic (exact) mass is 626 g/mol. The lowest BCUT2D eigenvalue weighted by Gasteiger charge is -2.41. The molecule has 0 unspecified atom stereocenters. The van der Waals surface area contributed by atoms with Crippen molar-refractivity contribution in [1.29, 1.82) is 0 Å². The van der Waals surface area contributed by atoms with Crippen molar-refractivity contribution in [3.63, 3.8) is 0 Å². The van der Waals surface area contributed by atoms with E-state index in [1.54, 1.807) is 0 Å². The first-order valence-corrected chi connectivity index (χ1v) is 16.3. The maximum absolute atomic E-state index is 15.2. The van der Waals surface area contributed by atoms with Crippen molar-refractivity contribution in [2.45, 2.75) is 103 Å². The number of halogens is 6. The molecule has 0 spiro atoms. The molecule has 9 heteroatoms. The first-order valence-electron chi connectivity index (χ1n) is 16.3. The van der Waals surface area contributed by atoms with Crippen molar-refractivity contribution in [1.82, 2.24) is 0 Å². The van der Waals surface area contributed by atoms with Gasteiger partial charge in [-0.1, -0.05) is 32.3 Å². The maximum Gasteiger partial charge on any atom is 0.400 e. The van der Waals surface area contributed by atoms with Crippen LogP contribution < -0.4 is 4.74 Å². The molecule has 1 heterocycles. The van der Waals surface area contributed by atoms with Crippen molar-refractivity contribution in [3.8, 4) is 16.9 Å². The van der Waals surface area contributed by atoms with E-state index in [4.69, 9.17) is 14.2 Å². The fourth-order valence-corrected chi connectivity index (χ4v) is 7.40. The van der Waals surface area contributed by atoms with Gasteiger partial charge < -0.3 is 14.2 Å². The Morgan fingerprint density at radius 1 is 0.795 bits per heavy atom. The molecule has 5 rings (SSSR count).